The van der Waals surface area contributed by atoms with Gasteiger partial charge in [0.1, 0.15) is 6.54 Å². The number of anilines is 1. The lowest BCUT2D eigenvalue weighted by Gasteiger charge is -2.35. The van der Waals surface area contributed by atoms with Gasteiger partial charge in [0.05, 0.1) is 5.69 Å². The first-order valence-corrected chi connectivity index (χ1v) is 11.2. The molecular weight excluding hydrogens is 412 g/mol. The Bertz CT molecular complexity index is 1020. The van der Waals surface area contributed by atoms with Crippen molar-refractivity contribution in [1.82, 2.24) is 5.32 Å². The Morgan fingerprint density at radius 2 is 2.00 bits per heavy atom. The van der Waals surface area contributed by atoms with Crippen molar-refractivity contribution < 1.29 is 14.3 Å². The lowest BCUT2D eigenvalue weighted by Crippen LogP contribution is -2.49. The van der Waals surface area contributed by atoms with Gasteiger partial charge in [-0.05, 0) is 54.2 Å². The topological polar surface area (TPSA) is 58.6 Å². The van der Waals surface area contributed by atoms with Crippen molar-refractivity contribution >= 4 is 35.2 Å². The third-order valence-electron chi connectivity index (χ3n) is 6.33. The van der Waals surface area contributed by atoms with E-state index in [1.54, 1.807) is 30.3 Å². The Morgan fingerprint density at radius 3 is 2.81 bits per heavy atom. The number of fused-ring (bicyclic) bond motifs is 1. The summed E-state index contributed by atoms with van der Waals surface area (Å²) in [5.41, 5.74) is 1.35. The maximum atomic E-state index is 13.2. The van der Waals surface area contributed by atoms with E-state index in [1.165, 1.54) is 11.3 Å². The minimum atomic E-state index is -0.348. The van der Waals surface area contributed by atoms with Crippen molar-refractivity contribution in [2.24, 2.45) is 11.8 Å². The van der Waals surface area contributed by atoms with Crippen LogP contribution in [0.3, 0.4) is 0 Å². The number of nitrogens with one attached hydrogen (secondary N) is 1. The van der Waals surface area contributed by atoms with Gasteiger partial charge in [0, 0.05) is 11.1 Å². The molecule has 1 heterocycles. The number of hydrogen-bond donors (Lipinski definition) is 1. The van der Waals surface area contributed by atoms with Gasteiger partial charge in [0.15, 0.2) is 11.5 Å². The van der Waals surface area contributed by atoms with Crippen LogP contribution in [0, 0.1) is 11.8 Å². The van der Waals surface area contributed by atoms with Crippen LogP contribution in [0.5, 0.6) is 5.75 Å². The van der Waals surface area contributed by atoms with E-state index in [-0.39, 0.29) is 30.2 Å². The summed E-state index contributed by atoms with van der Waals surface area (Å²) < 4.78 is 5.88. The third-order valence-corrected chi connectivity index (χ3v) is 6.57. The van der Waals surface area contributed by atoms with Crippen molar-refractivity contribution in [3.05, 3.63) is 64.9 Å². The quantitative estimate of drug-likeness (QED) is 0.679. The number of halogens is 1. The van der Waals surface area contributed by atoms with Gasteiger partial charge >= 0.3 is 0 Å². The average molecular weight is 439 g/mol. The largest absolute Gasteiger partial charge is 0.449 e. The van der Waals surface area contributed by atoms with Gasteiger partial charge in [-0.25, -0.2) is 0 Å². The van der Waals surface area contributed by atoms with Gasteiger partial charge in [0.25, 0.3) is 5.91 Å². The van der Waals surface area contributed by atoms with Gasteiger partial charge < -0.3 is 10.1 Å². The molecule has 0 saturated heterocycles. The second-order valence-electron chi connectivity index (χ2n) is 8.47. The number of ether oxygens (including phenoxy) is 1. The molecule has 0 spiro atoms. The SMILES string of the molecule is C[C@H]1[C@H](C)CCC[C@H]1NC(=O)CN1C(=O)/C(=C\c2cccc(Cl)c2)Oc2ccccc21. The lowest BCUT2D eigenvalue weighted by atomic mass is 9.78. The Labute approximate surface area is 188 Å². The standard InChI is InChI=1S/C25H27ClN2O3/c1-16-7-5-10-20(17(16)2)27-24(29)15-28-21-11-3-4-12-22(21)31-23(25(28)30)14-18-8-6-9-19(26)13-18/h3-4,6,8-9,11-14,16-17,20H,5,7,10,15H2,1-2H3,(H,27,29)/b23-14+/t16-,17+,20-/m1/s1. The fourth-order valence-electron chi connectivity index (χ4n) is 4.35. The molecule has 0 bridgehead atoms. The maximum absolute atomic E-state index is 13.2. The second-order valence-corrected chi connectivity index (χ2v) is 8.90. The minimum Gasteiger partial charge on any atom is -0.449 e. The van der Waals surface area contributed by atoms with Crippen molar-refractivity contribution in [2.75, 3.05) is 11.4 Å². The van der Waals surface area contributed by atoms with Crippen LogP contribution in [-0.2, 0) is 9.59 Å². The van der Waals surface area contributed by atoms with Gasteiger partial charge in [-0.3, -0.25) is 14.5 Å². The first-order chi connectivity index (χ1) is 14.9. The molecule has 31 heavy (non-hydrogen) atoms. The van der Waals surface area contributed by atoms with E-state index >= 15 is 0 Å². The molecule has 1 N–H and O–H groups in total. The molecule has 1 aliphatic heterocycles. The van der Waals surface area contributed by atoms with Crippen molar-refractivity contribution in [2.45, 2.75) is 39.2 Å². The van der Waals surface area contributed by atoms with E-state index < -0.39 is 0 Å². The molecule has 1 fully saturated rings. The molecule has 2 aromatic rings. The van der Waals surface area contributed by atoms with E-state index in [4.69, 9.17) is 16.3 Å². The van der Waals surface area contributed by atoms with Crippen molar-refractivity contribution in [1.29, 1.82) is 0 Å². The summed E-state index contributed by atoms with van der Waals surface area (Å²) in [6, 6.07) is 14.6. The summed E-state index contributed by atoms with van der Waals surface area (Å²) in [7, 11) is 0. The summed E-state index contributed by atoms with van der Waals surface area (Å²) in [5.74, 6) is 1.20. The van der Waals surface area contributed by atoms with Crippen LogP contribution in [-0.4, -0.2) is 24.4 Å². The number of para-hydroxylation sites is 2. The first kappa shape index (κ1) is 21.4. The van der Waals surface area contributed by atoms with E-state index in [0.29, 0.717) is 28.3 Å². The predicted molar refractivity (Wildman–Crippen MR) is 123 cm³/mol. The molecule has 0 aromatic heterocycles. The number of amides is 2. The van der Waals surface area contributed by atoms with Crippen LogP contribution in [0.4, 0.5) is 5.69 Å². The zero-order valence-electron chi connectivity index (χ0n) is 17.8. The zero-order chi connectivity index (χ0) is 22.0. The highest BCUT2D eigenvalue weighted by atomic mass is 35.5. The number of carbonyl (C=O) groups is 2. The molecule has 1 saturated carbocycles. The molecule has 0 radical (unpaired) electrons. The first-order valence-electron chi connectivity index (χ1n) is 10.8. The minimum absolute atomic E-state index is 0.0519. The fourth-order valence-corrected chi connectivity index (χ4v) is 4.55. The molecule has 1 aliphatic carbocycles. The Balaban J connectivity index is 1.57. The molecule has 2 aromatic carbocycles. The summed E-state index contributed by atoms with van der Waals surface area (Å²) in [4.78, 5) is 27.6. The molecular formula is C25H27ClN2O3. The average Bonchev–Trinajstić information content (AvgIpc) is 2.74. The smallest absolute Gasteiger partial charge is 0.294 e. The fraction of sp³-hybridized carbons (Fsp3) is 0.360. The third kappa shape index (κ3) is 4.77. The molecule has 4 rings (SSSR count). The highest BCUT2D eigenvalue weighted by molar-refractivity contribution is 6.30. The summed E-state index contributed by atoms with van der Waals surface area (Å²) in [6.07, 6.45) is 4.94. The molecule has 2 aliphatic rings. The Hall–Kier alpha value is -2.79. The van der Waals surface area contributed by atoms with Crippen LogP contribution in [0.1, 0.15) is 38.7 Å². The predicted octanol–water partition coefficient (Wildman–Crippen LogP) is 5.05. The molecule has 3 atom stereocenters. The van der Waals surface area contributed by atoms with Crippen LogP contribution in [0.2, 0.25) is 5.02 Å². The number of hydrogen-bond acceptors (Lipinski definition) is 3. The van der Waals surface area contributed by atoms with Crippen molar-refractivity contribution in [3.8, 4) is 5.75 Å². The lowest BCUT2D eigenvalue weighted by molar-refractivity contribution is -0.124. The van der Waals surface area contributed by atoms with E-state index in [0.717, 1.165) is 18.4 Å². The van der Waals surface area contributed by atoms with Gasteiger partial charge in [-0.15, -0.1) is 0 Å². The van der Waals surface area contributed by atoms with Gasteiger partial charge in [-0.1, -0.05) is 62.6 Å². The monoisotopic (exact) mass is 438 g/mol. The van der Waals surface area contributed by atoms with E-state index in [9.17, 15) is 9.59 Å². The molecule has 6 heteroatoms. The molecule has 5 nitrogen and oxygen atoms in total. The zero-order valence-corrected chi connectivity index (χ0v) is 18.6. The van der Waals surface area contributed by atoms with Gasteiger partial charge in [0.2, 0.25) is 5.91 Å². The molecule has 0 unspecified atom stereocenters. The van der Waals surface area contributed by atoms with Crippen LogP contribution in [0.15, 0.2) is 54.3 Å². The number of benzene rings is 2. The summed E-state index contributed by atoms with van der Waals surface area (Å²) in [5, 5.41) is 3.73. The Morgan fingerprint density at radius 1 is 1.19 bits per heavy atom. The highest BCUT2D eigenvalue weighted by Gasteiger charge is 2.33. The maximum Gasteiger partial charge on any atom is 0.294 e. The van der Waals surface area contributed by atoms with Crippen LogP contribution < -0.4 is 15.0 Å². The Kier molecular flexibility index (Phi) is 6.33. The summed E-state index contributed by atoms with van der Waals surface area (Å²) in [6.45, 7) is 4.37. The normalized spacial score (nSPS) is 24.5. The van der Waals surface area contributed by atoms with Crippen molar-refractivity contribution in [3.63, 3.8) is 0 Å². The van der Waals surface area contributed by atoms with E-state index in [2.05, 4.69) is 19.2 Å². The second kappa shape index (κ2) is 9.15. The summed E-state index contributed by atoms with van der Waals surface area (Å²) >= 11 is 6.07. The van der Waals surface area contributed by atoms with E-state index in [1.807, 2.05) is 24.3 Å². The molecule has 162 valence electrons. The number of nitrogens with zero attached hydrogens (tertiary/aromatic N) is 1. The van der Waals surface area contributed by atoms with Crippen LogP contribution >= 0.6 is 11.6 Å². The highest BCUT2D eigenvalue weighted by Crippen LogP contribution is 2.36. The number of carbonyl (C=O) groups excluding carboxylic acids is 2. The van der Waals surface area contributed by atoms with Gasteiger partial charge in [-0.2, -0.15) is 0 Å². The number of rotatable bonds is 4. The van der Waals surface area contributed by atoms with Crippen LogP contribution in [0.25, 0.3) is 6.08 Å². The molecule has 2 amide bonds.